The molecule has 0 bridgehead atoms. The molecule has 1 saturated heterocycles. The molecule has 5 heteroatoms. The summed E-state index contributed by atoms with van der Waals surface area (Å²) in [6.45, 7) is 1.93. The molecular formula is C14H12N2O2S. The summed E-state index contributed by atoms with van der Waals surface area (Å²) in [4.78, 5) is 26.4. The zero-order valence-corrected chi connectivity index (χ0v) is 11.1. The average molecular weight is 272 g/mol. The monoisotopic (exact) mass is 272 g/mol. The van der Waals surface area contributed by atoms with Crippen LogP contribution in [0.3, 0.4) is 0 Å². The molecule has 1 aliphatic rings. The van der Waals surface area contributed by atoms with Gasteiger partial charge in [-0.05, 0) is 36.1 Å². The van der Waals surface area contributed by atoms with Crippen LogP contribution in [-0.2, 0) is 4.79 Å². The molecule has 1 aliphatic heterocycles. The van der Waals surface area contributed by atoms with Crippen LogP contribution in [-0.4, -0.2) is 11.9 Å². The molecule has 1 fully saturated rings. The van der Waals surface area contributed by atoms with Gasteiger partial charge in [0.2, 0.25) is 0 Å². The molecule has 96 valence electrons. The van der Waals surface area contributed by atoms with Crippen LogP contribution in [0.5, 0.6) is 0 Å². The second kappa shape index (κ2) is 4.51. The van der Waals surface area contributed by atoms with Gasteiger partial charge in [-0.15, -0.1) is 11.3 Å². The smallest absolute Gasteiger partial charge is 0.321 e. The highest BCUT2D eigenvalue weighted by Crippen LogP contribution is 2.29. The second-order valence-electron chi connectivity index (χ2n) is 4.41. The number of hydrogen-bond donors (Lipinski definition) is 1. The number of hydrogen-bond acceptors (Lipinski definition) is 3. The van der Waals surface area contributed by atoms with Gasteiger partial charge in [-0.25, -0.2) is 9.69 Å². The molecular weight excluding hydrogens is 260 g/mol. The summed E-state index contributed by atoms with van der Waals surface area (Å²) in [5.74, 6) is -0.224. The molecule has 2 heterocycles. The Kier molecular flexibility index (Phi) is 2.83. The predicted molar refractivity (Wildman–Crippen MR) is 74.3 cm³/mol. The lowest BCUT2D eigenvalue weighted by atomic mass is 10.2. The maximum atomic E-state index is 12.4. The van der Waals surface area contributed by atoms with Gasteiger partial charge in [0.1, 0.15) is 6.04 Å². The number of anilines is 1. The van der Waals surface area contributed by atoms with Crippen LogP contribution in [0.2, 0.25) is 0 Å². The van der Waals surface area contributed by atoms with E-state index in [-0.39, 0.29) is 11.9 Å². The molecule has 19 heavy (non-hydrogen) atoms. The Hall–Kier alpha value is -2.14. The number of nitrogens with one attached hydrogen (secondary N) is 1. The first-order valence-electron chi connectivity index (χ1n) is 5.91. The van der Waals surface area contributed by atoms with E-state index in [2.05, 4.69) is 5.32 Å². The molecule has 0 aliphatic carbocycles. The number of carbonyl (C=O) groups excluding carboxylic acids is 2. The van der Waals surface area contributed by atoms with Gasteiger partial charge >= 0.3 is 6.03 Å². The van der Waals surface area contributed by atoms with Gasteiger partial charge in [0, 0.05) is 4.88 Å². The lowest BCUT2D eigenvalue weighted by Gasteiger charge is -2.13. The Bertz CT molecular complexity index is 637. The van der Waals surface area contributed by atoms with Gasteiger partial charge in [0.05, 0.1) is 5.69 Å². The van der Waals surface area contributed by atoms with Crippen LogP contribution in [0.25, 0.3) is 0 Å². The van der Waals surface area contributed by atoms with Crippen molar-refractivity contribution in [2.24, 2.45) is 0 Å². The van der Waals surface area contributed by atoms with Gasteiger partial charge < -0.3 is 5.32 Å². The van der Waals surface area contributed by atoms with Crippen LogP contribution in [0, 0.1) is 6.92 Å². The number of thiophene rings is 1. The van der Waals surface area contributed by atoms with Crippen molar-refractivity contribution in [1.82, 2.24) is 5.32 Å². The van der Waals surface area contributed by atoms with E-state index in [1.807, 2.05) is 42.6 Å². The third kappa shape index (κ3) is 2.02. The Balaban J connectivity index is 1.96. The summed E-state index contributed by atoms with van der Waals surface area (Å²) in [5, 5.41) is 4.61. The zero-order chi connectivity index (χ0) is 13.4. The molecule has 0 spiro atoms. The lowest BCUT2D eigenvalue weighted by Crippen LogP contribution is -2.30. The van der Waals surface area contributed by atoms with Crippen molar-refractivity contribution in [3.05, 3.63) is 52.2 Å². The largest absolute Gasteiger partial charge is 0.329 e. The Morgan fingerprint density at radius 3 is 2.74 bits per heavy atom. The summed E-state index contributed by atoms with van der Waals surface area (Å²) in [6, 6.07) is 10.2. The first kappa shape index (κ1) is 11.9. The van der Waals surface area contributed by atoms with E-state index in [4.69, 9.17) is 0 Å². The maximum Gasteiger partial charge on any atom is 0.329 e. The third-order valence-corrected chi connectivity index (χ3v) is 3.96. The Morgan fingerprint density at radius 1 is 1.21 bits per heavy atom. The lowest BCUT2D eigenvalue weighted by molar-refractivity contribution is -0.118. The van der Waals surface area contributed by atoms with Crippen molar-refractivity contribution in [1.29, 1.82) is 0 Å². The zero-order valence-electron chi connectivity index (χ0n) is 10.3. The first-order chi connectivity index (χ1) is 9.16. The van der Waals surface area contributed by atoms with Gasteiger partial charge in [-0.1, -0.05) is 18.2 Å². The fourth-order valence-corrected chi connectivity index (χ4v) is 2.91. The Morgan fingerprint density at radius 2 is 2.05 bits per heavy atom. The van der Waals surface area contributed by atoms with E-state index in [0.29, 0.717) is 5.69 Å². The van der Waals surface area contributed by atoms with E-state index >= 15 is 0 Å². The highest BCUT2D eigenvalue weighted by Gasteiger charge is 2.40. The minimum absolute atomic E-state index is 0.224. The molecule has 0 saturated carbocycles. The van der Waals surface area contributed by atoms with Crippen molar-refractivity contribution in [3.63, 3.8) is 0 Å². The molecule has 0 radical (unpaired) electrons. The number of carbonyl (C=O) groups is 2. The van der Waals surface area contributed by atoms with Gasteiger partial charge in [0.25, 0.3) is 5.91 Å². The molecule has 2 aromatic rings. The average Bonchev–Trinajstić information content (AvgIpc) is 2.97. The van der Waals surface area contributed by atoms with Crippen LogP contribution < -0.4 is 10.2 Å². The van der Waals surface area contributed by atoms with E-state index < -0.39 is 6.04 Å². The molecule has 1 N–H and O–H groups in total. The fraction of sp³-hybridized carbons (Fsp3) is 0.143. The summed E-state index contributed by atoms with van der Waals surface area (Å²) in [5.41, 5.74) is 1.62. The molecule has 1 unspecified atom stereocenters. The van der Waals surface area contributed by atoms with Crippen LogP contribution in [0.1, 0.15) is 16.5 Å². The third-order valence-electron chi connectivity index (χ3n) is 3.03. The minimum Gasteiger partial charge on any atom is -0.321 e. The van der Waals surface area contributed by atoms with E-state index in [1.165, 1.54) is 16.2 Å². The van der Waals surface area contributed by atoms with Crippen LogP contribution in [0.15, 0.2) is 41.8 Å². The van der Waals surface area contributed by atoms with E-state index in [1.54, 1.807) is 6.07 Å². The molecule has 4 nitrogen and oxygen atoms in total. The molecule has 1 aromatic heterocycles. The molecule has 1 atom stereocenters. The first-order valence-corrected chi connectivity index (χ1v) is 6.79. The highest BCUT2D eigenvalue weighted by molar-refractivity contribution is 7.10. The van der Waals surface area contributed by atoms with Crippen LogP contribution >= 0.6 is 11.3 Å². The summed E-state index contributed by atoms with van der Waals surface area (Å²) in [6.07, 6.45) is 0. The molecule has 3 rings (SSSR count). The second-order valence-corrected chi connectivity index (χ2v) is 5.39. The maximum absolute atomic E-state index is 12.4. The van der Waals surface area contributed by atoms with Crippen molar-refractivity contribution in [3.8, 4) is 0 Å². The van der Waals surface area contributed by atoms with Crippen LogP contribution in [0.4, 0.5) is 10.5 Å². The van der Waals surface area contributed by atoms with Crippen molar-refractivity contribution >= 4 is 29.0 Å². The minimum atomic E-state index is -0.562. The number of amides is 3. The van der Waals surface area contributed by atoms with E-state index in [0.717, 1.165) is 10.4 Å². The number of urea groups is 1. The molecule has 3 amide bonds. The van der Waals surface area contributed by atoms with Gasteiger partial charge in [0.15, 0.2) is 0 Å². The SMILES string of the molecule is Cc1cccc(N2C(=O)NC(c3cccs3)C2=O)c1. The van der Waals surface area contributed by atoms with Crippen molar-refractivity contribution in [2.45, 2.75) is 13.0 Å². The normalized spacial score (nSPS) is 18.8. The fourth-order valence-electron chi connectivity index (χ4n) is 2.14. The molecule has 1 aromatic carbocycles. The van der Waals surface area contributed by atoms with Crippen molar-refractivity contribution in [2.75, 3.05) is 4.90 Å². The summed E-state index contributed by atoms with van der Waals surface area (Å²) < 4.78 is 0. The van der Waals surface area contributed by atoms with Crippen molar-refractivity contribution < 1.29 is 9.59 Å². The number of aryl methyl sites for hydroxylation is 1. The number of imide groups is 1. The highest BCUT2D eigenvalue weighted by atomic mass is 32.1. The summed E-state index contributed by atoms with van der Waals surface area (Å²) in [7, 11) is 0. The quantitative estimate of drug-likeness (QED) is 0.855. The topological polar surface area (TPSA) is 49.4 Å². The summed E-state index contributed by atoms with van der Waals surface area (Å²) >= 11 is 1.46. The standard InChI is InChI=1S/C14H12N2O2S/c1-9-4-2-5-10(8-9)16-13(17)12(15-14(16)18)11-6-3-7-19-11/h2-8,12H,1H3,(H,15,18). The van der Waals surface area contributed by atoms with Gasteiger partial charge in [-0.3, -0.25) is 4.79 Å². The number of rotatable bonds is 2. The van der Waals surface area contributed by atoms with E-state index in [9.17, 15) is 9.59 Å². The number of benzene rings is 1. The van der Waals surface area contributed by atoms with Gasteiger partial charge in [-0.2, -0.15) is 0 Å². The predicted octanol–water partition coefficient (Wildman–Crippen LogP) is 2.85. The Labute approximate surface area is 114 Å². The number of nitrogens with zero attached hydrogens (tertiary/aromatic N) is 1.